The lowest BCUT2D eigenvalue weighted by molar-refractivity contribution is -0.132. The van der Waals surface area contributed by atoms with Crippen LogP contribution in [0.5, 0.6) is 0 Å². The molecule has 9 heteroatoms. The van der Waals surface area contributed by atoms with Crippen LogP contribution in [0.2, 0.25) is 5.02 Å². The van der Waals surface area contributed by atoms with Crippen molar-refractivity contribution in [2.75, 3.05) is 24.5 Å². The Kier molecular flexibility index (Phi) is 7.51. The van der Waals surface area contributed by atoms with Crippen LogP contribution in [0.3, 0.4) is 0 Å². The van der Waals surface area contributed by atoms with Gasteiger partial charge in [0.15, 0.2) is 0 Å². The fourth-order valence-electron chi connectivity index (χ4n) is 3.87. The molecular formula is C24H30ClN3O4S. The minimum Gasteiger partial charge on any atom is -0.354 e. The van der Waals surface area contributed by atoms with Crippen LogP contribution in [0.15, 0.2) is 53.4 Å². The predicted molar refractivity (Wildman–Crippen MR) is 130 cm³/mol. The van der Waals surface area contributed by atoms with Crippen LogP contribution in [0.4, 0.5) is 5.69 Å². The van der Waals surface area contributed by atoms with E-state index in [0.29, 0.717) is 23.2 Å². The molecule has 7 nitrogen and oxygen atoms in total. The van der Waals surface area contributed by atoms with Gasteiger partial charge in [0.25, 0.3) is 0 Å². The Bertz CT molecular complexity index is 1140. The van der Waals surface area contributed by atoms with Crippen LogP contribution in [0, 0.1) is 12.8 Å². The summed E-state index contributed by atoms with van der Waals surface area (Å²) < 4.78 is 27.7. The van der Waals surface area contributed by atoms with Crippen LogP contribution in [-0.4, -0.2) is 49.7 Å². The molecule has 33 heavy (non-hydrogen) atoms. The quantitative estimate of drug-likeness (QED) is 0.641. The second kappa shape index (κ2) is 9.83. The lowest BCUT2D eigenvalue weighted by Crippen LogP contribution is -2.70. The predicted octanol–water partition coefficient (Wildman–Crippen LogP) is 3.61. The van der Waals surface area contributed by atoms with Gasteiger partial charge in [-0.3, -0.25) is 14.5 Å². The molecule has 0 unspecified atom stereocenters. The molecule has 2 aromatic rings. The molecule has 1 N–H and O–H groups in total. The lowest BCUT2D eigenvalue weighted by Gasteiger charge is -2.46. The van der Waals surface area contributed by atoms with Crippen molar-refractivity contribution < 1.29 is 18.0 Å². The van der Waals surface area contributed by atoms with Crippen LogP contribution < -0.4 is 10.2 Å². The van der Waals surface area contributed by atoms with E-state index in [9.17, 15) is 18.0 Å². The zero-order valence-corrected chi connectivity index (χ0v) is 20.9. The number of piperazine rings is 1. The van der Waals surface area contributed by atoms with Gasteiger partial charge in [0.05, 0.1) is 11.4 Å². The molecule has 1 aliphatic heterocycles. The molecule has 178 valence electrons. The van der Waals surface area contributed by atoms with E-state index in [4.69, 9.17) is 11.6 Å². The number of rotatable bonds is 7. The topological polar surface area (TPSA) is 86.8 Å². The number of hydrogen-bond donors (Lipinski definition) is 1. The maximum Gasteiger partial charge on any atom is 0.247 e. The fourth-order valence-corrected chi connectivity index (χ4v) is 5.54. The van der Waals surface area contributed by atoms with E-state index in [1.165, 1.54) is 17.0 Å². The number of benzene rings is 2. The number of nitrogens with one attached hydrogen (secondary N) is 1. The average Bonchev–Trinajstić information content (AvgIpc) is 2.76. The van der Waals surface area contributed by atoms with E-state index in [2.05, 4.69) is 5.32 Å². The number of halogens is 1. The number of amides is 2. The van der Waals surface area contributed by atoms with Gasteiger partial charge in [-0.25, -0.2) is 8.42 Å². The van der Waals surface area contributed by atoms with Crippen molar-refractivity contribution in [1.29, 1.82) is 0 Å². The van der Waals surface area contributed by atoms with Gasteiger partial charge in [-0.05, 0) is 56.0 Å². The van der Waals surface area contributed by atoms with Crippen molar-refractivity contribution in [1.82, 2.24) is 9.62 Å². The summed E-state index contributed by atoms with van der Waals surface area (Å²) in [6, 6.07) is 13.0. The molecule has 3 rings (SSSR count). The highest BCUT2D eigenvalue weighted by Crippen LogP contribution is 2.34. The SMILES string of the molecule is Cc1ccc(N2C(=O)CN(S(=O)(=O)c3ccccc3)C[C@]2(C)C(=O)NCCC(C)C)cc1Cl. The third-order valence-electron chi connectivity index (χ3n) is 5.83. The molecule has 1 heterocycles. The minimum absolute atomic E-state index is 0.0761. The lowest BCUT2D eigenvalue weighted by atomic mass is 9.94. The third-order valence-corrected chi connectivity index (χ3v) is 8.04. The van der Waals surface area contributed by atoms with Crippen LogP contribution >= 0.6 is 11.6 Å². The van der Waals surface area contributed by atoms with Gasteiger partial charge >= 0.3 is 0 Å². The summed E-state index contributed by atoms with van der Waals surface area (Å²) in [5.41, 5.74) is -0.178. The van der Waals surface area contributed by atoms with Crippen molar-refractivity contribution in [2.24, 2.45) is 5.92 Å². The highest BCUT2D eigenvalue weighted by Gasteiger charge is 2.51. The summed E-state index contributed by atoms with van der Waals surface area (Å²) in [5.74, 6) is -0.531. The zero-order chi connectivity index (χ0) is 24.4. The molecule has 2 aromatic carbocycles. The van der Waals surface area contributed by atoms with Gasteiger partial charge in [-0.15, -0.1) is 0 Å². The van der Waals surface area contributed by atoms with Gasteiger partial charge in [0, 0.05) is 23.8 Å². The summed E-state index contributed by atoms with van der Waals surface area (Å²) >= 11 is 6.31. The number of sulfonamides is 1. The van der Waals surface area contributed by atoms with Crippen molar-refractivity contribution >= 4 is 39.1 Å². The Hall–Kier alpha value is -2.42. The second-order valence-corrected chi connectivity index (χ2v) is 11.3. The number of hydrogen-bond acceptors (Lipinski definition) is 4. The van der Waals surface area contributed by atoms with Crippen molar-refractivity contribution in [3.8, 4) is 0 Å². The molecule has 0 aromatic heterocycles. The normalized spacial score (nSPS) is 19.7. The molecule has 1 atom stereocenters. The van der Waals surface area contributed by atoms with E-state index in [1.54, 1.807) is 43.3 Å². The number of anilines is 1. The van der Waals surface area contributed by atoms with Gasteiger partial charge in [-0.1, -0.05) is 49.7 Å². The molecular weight excluding hydrogens is 462 g/mol. The summed E-state index contributed by atoms with van der Waals surface area (Å²) in [5, 5.41) is 3.36. The van der Waals surface area contributed by atoms with E-state index in [1.807, 2.05) is 20.8 Å². The molecule has 0 aliphatic carbocycles. The van der Waals surface area contributed by atoms with Crippen molar-refractivity contribution in [2.45, 2.75) is 44.6 Å². The first kappa shape index (κ1) is 25.2. The summed E-state index contributed by atoms with van der Waals surface area (Å²) in [7, 11) is -3.97. The Morgan fingerprint density at radius 3 is 2.45 bits per heavy atom. The molecule has 1 fully saturated rings. The second-order valence-electron chi connectivity index (χ2n) is 8.96. The maximum absolute atomic E-state index is 13.4. The Balaban J connectivity index is 2.02. The van der Waals surface area contributed by atoms with E-state index in [0.717, 1.165) is 16.3 Å². The average molecular weight is 492 g/mol. The Morgan fingerprint density at radius 1 is 1.18 bits per heavy atom. The highest BCUT2D eigenvalue weighted by molar-refractivity contribution is 7.89. The molecule has 0 spiro atoms. The smallest absolute Gasteiger partial charge is 0.247 e. The van der Waals surface area contributed by atoms with Crippen molar-refractivity contribution in [3.63, 3.8) is 0 Å². The van der Waals surface area contributed by atoms with Gasteiger partial charge < -0.3 is 5.32 Å². The molecule has 0 saturated carbocycles. The van der Waals surface area contributed by atoms with Crippen LogP contribution in [0.25, 0.3) is 0 Å². The maximum atomic E-state index is 13.4. The molecule has 0 bridgehead atoms. The molecule has 1 saturated heterocycles. The summed E-state index contributed by atoms with van der Waals surface area (Å²) in [6.07, 6.45) is 0.762. The largest absolute Gasteiger partial charge is 0.354 e. The van der Waals surface area contributed by atoms with E-state index in [-0.39, 0.29) is 18.0 Å². The monoisotopic (exact) mass is 491 g/mol. The first-order chi connectivity index (χ1) is 15.5. The molecule has 0 radical (unpaired) electrons. The Labute approximate surface area is 200 Å². The first-order valence-corrected chi connectivity index (χ1v) is 12.7. The van der Waals surface area contributed by atoms with E-state index < -0.39 is 27.4 Å². The summed E-state index contributed by atoms with van der Waals surface area (Å²) in [4.78, 5) is 28.3. The van der Waals surface area contributed by atoms with Gasteiger partial charge in [-0.2, -0.15) is 4.31 Å². The van der Waals surface area contributed by atoms with Crippen molar-refractivity contribution in [3.05, 3.63) is 59.1 Å². The fraction of sp³-hybridized carbons (Fsp3) is 0.417. The molecule has 2 amide bonds. The number of carbonyl (C=O) groups excluding carboxylic acids is 2. The number of carbonyl (C=O) groups is 2. The minimum atomic E-state index is -3.97. The number of aryl methyl sites for hydroxylation is 1. The van der Waals surface area contributed by atoms with Crippen LogP contribution in [-0.2, 0) is 19.6 Å². The molecule has 1 aliphatic rings. The zero-order valence-electron chi connectivity index (χ0n) is 19.3. The van der Waals surface area contributed by atoms with Gasteiger partial charge in [0.1, 0.15) is 5.54 Å². The third kappa shape index (κ3) is 5.23. The highest BCUT2D eigenvalue weighted by atomic mass is 35.5. The van der Waals surface area contributed by atoms with Gasteiger partial charge in [0.2, 0.25) is 21.8 Å². The number of nitrogens with zero attached hydrogens (tertiary/aromatic N) is 2. The van der Waals surface area contributed by atoms with E-state index >= 15 is 0 Å². The standard InChI is InChI=1S/C24H30ClN3O4S/c1-17(2)12-13-26-23(30)24(4)16-27(33(31,32)20-8-6-5-7-9-20)15-22(29)28(24)19-11-10-18(3)21(25)14-19/h5-11,14,17H,12-13,15-16H2,1-4H3,(H,26,30)/t24-/m1/s1. The Morgan fingerprint density at radius 2 is 1.85 bits per heavy atom. The first-order valence-electron chi connectivity index (χ1n) is 10.9. The van der Waals surface area contributed by atoms with Crippen LogP contribution in [0.1, 0.15) is 32.8 Å². The summed E-state index contributed by atoms with van der Waals surface area (Å²) in [6.45, 7) is 7.40.